The first-order valence-corrected chi connectivity index (χ1v) is 7.61. The number of halogens is 1. The second-order valence-corrected chi connectivity index (χ2v) is 5.67. The fourth-order valence-corrected chi connectivity index (χ4v) is 2.71. The zero-order valence-corrected chi connectivity index (χ0v) is 12.7. The van der Waals surface area contributed by atoms with Crippen molar-refractivity contribution in [3.8, 4) is 0 Å². The first kappa shape index (κ1) is 15.5. The van der Waals surface area contributed by atoms with Crippen molar-refractivity contribution in [3.05, 3.63) is 65.5 Å². The average Bonchev–Trinajstić information content (AvgIpc) is 2.57. The van der Waals surface area contributed by atoms with Crippen molar-refractivity contribution in [2.75, 3.05) is 25.4 Å². The lowest BCUT2D eigenvalue weighted by atomic mass is 10.1. The van der Waals surface area contributed by atoms with Gasteiger partial charge in [0.1, 0.15) is 11.9 Å². The molecule has 1 saturated heterocycles. The maximum absolute atomic E-state index is 13.4. The number of anilines is 1. The Morgan fingerprint density at radius 1 is 1.26 bits per heavy atom. The number of nitrogens with zero attached hydrogens (tertiary/aromatic N) is 1. The van der Waals surface area contributed by atoms with Crippen LogP contribution in [0.15, 0.2) is 48.5 Å². The van der Waals surface area contributed by atoms with E-state index < -0.39 is 0 Å². The highest BCUT2D eigenvalue weighted by molar-refractivity contribution is 5.79. The number of rotatable bonds is 3. The van der Waals surface area contributed by atoms with Crippen LogP contribution in [0.1, 0.15) is 17.2 Å². The lowest BCUT2D eigenvalue weighted by Crippen LogP contribution is -2.43. The molecule has 1 heterocycles. The van der Waals surface area contributed by atoms with Crippen LogP contribution in [0.25, 0.3) is 0 Å². The number of carbonyl (C=O) groups is 1. The summed E-state index contributed by atoms with van der Waals surface area (Å²) in [6, 6.07) is 13.6. The highest BCUT2D eigenvalue weighted by atomic mass is 19.1. The van der Waals surface area contributed by atoms with Gasteiger partial charge in [-0.15, -0.1) is 0 Å². The van der Waals surface area contributed by atoms with Gasteiger partial charge in [-0.1, -0.05) is 24.3 Å². The van der Waals surface area contributed by atoms with E-state index >= 15 is 0 Å². The zero-order valence-electron chi connectivity index (χ0n) is 12.7. The highest BCUT2D eigenvalue weighted by Crippen LogP contribution is 2.23. The predicted octanol–water partition coefficient (Wildman–Crippen LogP) is 2.55. The Balaban J connectivity index is 1.65. The first-order chi connectivity index (χ1) is 11.1. The molecular formula is C18H19FN2O2. The second-order valence-electron chi connectivity index (χ2n) is 5.67. The molecule has 0 saturated carbocycles. The smallest absolute Gasteiger partial charge is 0.227 e. The Labute approximate surface area is 134 Å². The molecule has 0 aromatic heterocycles. The molecule has 1 fully saturated rings. The standard InChI is InChI=1S/C18H19FN2O2/c19-15-3-1-2-14(11-15)17-12-21(8-9-23-17)18(22)10-13-4-6-16(20)7-5-13/h1-7,11,17H,8-10,12,20H2. The summed E-state index contributed by atoms with van der Waals surface area (Å²) in [5.41, 5.74) is 8.02. The number of hydrogen-bond acceptors (Lipinski definition) is 3. The first-order valence-electron chi connectivity index (χ1n) is 7.61. The molecule has 1 aliphatic heterocycles. The third-order valence-electron chi connectivity index (χ3n) is 3.97. The van der Waals surface area contributed by atoms with Crippen LogP contribution in [0.4, 0.5) is 10.1 Å². The Bertz CT molecular complexity index is 688. The van der Waals surface area contributed by atoms with Crippen LogP contribution in [-0.4, -0.2) is 30.5 Å². The van der Waals surface area contributed by atoms with Crippen molar-refractivity contribution in [2.24, 2.45) is 0 Å². The summed E-state index contributed by atoms with van der Waals surface area (Å²) in [4.78, 5) is 14.2. The Kier molecular flexibility index (Phi) is 4.57. The van der Waals surface area contributed by atoms with Gasteiger partial charge in [-0.2, -0.15) is 0 Å². The number of hydrogen-bond donors (Lipinski definition) is 1. The molecule has 0 aliphatic carbocycles. The molecule has 1 amide bonds. The lowest BCUT2D eigenvalue weighted by Gasteiger charge is -2.33. The molecule has 120 valence electrons. The van der Waals surface area contributed by atoms with E-state index in [1.54, 1.807) is 23.1 Å². The molecule has 1 aliphatic rings. The molecular weight excluding hydrogens is 295 g/mol. The van der Waals surface area contributed by atoms with E-state index in [2.05, 4.69) is 0 Å². The van der Waals surface area contributed by atoms with E-state index in [0.29, 0.717) is 31.8 Å². The molecule has 2 N–H and O–H groups in total. The fourth-order valence-electron chi connectivity index (χ4n) is 2.71. The Morgan fingerprint density at radius 2 is 2.04 bits per heavy atom. The van der Waals surface area contributed by atoms with Crippen LogP contribution in [0, 0.1) is 5.82 Å². The average molecular weight is 314 g/mol. The quantitative estimate of drug-likeness (QED) is 0.886. The van der Waals surface area contributed by atoms with E-state index in [4.69, 9.17) is 10.5 Å². The van der Waals surface area contributed by atoms with Gasteiger partial charge in [0.05, 0.1) is 19.6 Å². The van der Waals surface area contributed by atoms with Crippen LogP contribution in [0.5, 0.6) is 0 Å². The Hall–Kier alpha value is -2.40. The van der Waals surface area contributed by atoms with Crippen molar-refractivity contribution in [2.45, 2.75) is 12.5 Å². The zero-order chi connectivity index (χ0) is 16.2. The summed E-state index contributed by atoms with van der Waals surface area (Å²) in [7, 11) is 0. The molecule has 1 atom stereocenters. The minimum absolute atomic E-state index is 0.0412. The van der Waals surface area contributed by atoms with Crippen LogP contribution in [0.2, 0.25) is 0 Å². The van der Waals surface area contributed by atoms with E-state index in [-0.39, 0.29) is 17.8 Å². The molecule has 3 rings (SSSR count). The minimum atomic E-state index is -0.295. The van der Waals surface area contributed by atoms with Crippen LogP contribution < -0.4 is 5.73 Å². The van der Waals surface area contributed by atoms with Crippen molar-refractivity contribution < 1.29 is 13.9 Å². The molecule has 0 spiro atoms. The van der Waals surface area contributed by atoms with Gasteiger partial charge in [0.15, 0.2) is 0 Å². The fraction of sp³-hybridized carbons (Fsp3) is 0.278. The molecule has 23 heavy (non-hydrogen) atoms. The molecule has 2 aromatic rings. The monoisotopic (exact) mass is 314 g/mol. The predicted molar refractivity (Wildman–Crippen MR) is 86.2 cm³/mol. The number of amides is 1. The van der Waals surface area contributed by atoms with E-state index in [0.717, 1.165) is 11.1 Å². The van der Waals surface area contributed by atoms with Gasteiger partial charge < -0.3 is 15.4 Å². The van der Waals surface area contributed by atoms with Crippen molar-refractivity contribution in [3.63, 3.8) is 0 Å². The van der Waals surface area contributed by atoms with Gasteiger partial charge in [0.25, 0.3) is 0 Å². The van der Waals surface area contributed by atoms with Gasteiger partial charge in [-0.05, 0) is 35.4 Å². The molecule has 0 radical (unpaired) electrons. The summed E-state index contributed by atoms with van der Waals surface area (Å²) in [5, 5.41) is 0. The van der Waals surface area contributed by atoms with Crippen molar-refractivity contribution >= 4 is 11.6 Å². The van der Waals surface area contributed by atoms with Gasteiger partial charge in [-0.25, -0.2) is 4.39 Å². The summed E-state index contributed by atoms with van der Waals surface area (Å²) in [5.74, 6) is -0.254. The lowest BCUT2D eigenvalue weighted by molar-refractivity contribution is -0.138. The Morgan fingerprint density at radius 3 is 2.78 bits per heavy atom. The van der Waals surface area contributed by atoms with Gasteiger partial charge in [0, 0.05) is 12.2 Å². The third-order valence-corrected chi connectivity index (χ3v) is 3.97. The molecule has 5 heteroatoms. The number of ether oxygens (including phenoxy) is 1. The van der Waals surface area contributed by atoms with Crippen LogP contribution in [-0.2, 0) is 16.0 Å². The minimum Gasteiger partial charge on any atom is -0.399 e. The third kappa shape index (κ3) is 3.87. The number of nitrogens with two attached hydrogens (primary N) is 1. The number of nitrogen functional groups attached to an aromatic ring is 1. The SMILES string of the molecule is Nc1ccc(CC(=O)N2CCOC(c3cccc(F)c3)C2)cc1. The molecule has 1 unspecified atom stereocenters. The molecule has 4 nitrogen and oxygen atoms in total. The van der Waals surface area contributed by atoms with Gasteiger partial charge in [-0.3, -0.25) is 4.79 Å². The maximum Gasteiger partial charge on any atom is 0.227 e. The summed E-state index contributed by atoms with van der Waals surface area (Å²) in [6.45, 7) is 1.45. The van der Waals surface area contributed by atoms with Crippen LogP contribution in [0.3, 0.4) is 0 Å². The van der Waals surface area contributed by atoms with E-state index in [1.807, 2.05) is 18.2 Å². The summed E-state index contributed by atoms with van der Waals surface area (Å²) in [6.07, 6.45) is 0.0469. The maximum atomic E-state index is 13.4. The largest absolute Gasteiger partial charge is 0.399 e. The highest BCUT2D eigenvalue weighted by Gasteiger charge is 2.25. The normalized spacial score (nSPS) is 18.0. The topological polar surface area (TPSA) is 55.6 Å². The van der Waals surface area contributed by atoms with E-state index in [9.17, 15) is 9.18 Å². The number of benzene rings is 2. The summed E-state index contributed by atoms with van der Waals surface area (Å²) >= 11 is 0. The van der Waals surface area contributed by atoms with Crippen molar-refractivity contribution in [1.29, 1.82) is 0 Å². The van der Waals surface area contributed by atoms with Crippen molar-refractivity contribution in [1.82, 2.24) is 4.90 Å². The summed E-state index contributed by atoms with van der Waals surface area (Å²) < 4.78 is 19.0. The molecule has 2 aromatic carbocycles. The van der Waals surface area contributed by atoms with Gasteiger partial charge in [0.2, 0.25) is 5.91 Å². The van der Waals surface area contributed by atoms with Gasteiger partial charge >= 0.3 is 0 Å². The number of morpholine rings is 1. The number of carbonyl (C=O) groups excluding carboxylic acids is 1. The van der Waals surface area contributed by atoms with E-state index in [1.165, 1.54) is 12.1 Å². The second kappa shape index (κ2) is 6.79. The van der Waals surface area contributed by atoms with Crippen LogP contribution >= 0.6 is 0 Å². The molecule has 0 bridgehead atoms.